The number of likely N-dealkylation sites (tertiary alicyclic amines) is 1. The number of benzene rings is 1. The summed E-state index contributed by atoms with van der Waals surface area (Å²) in [6.07, 6.45) is 1.74. The Balaban J connectivity index is 1.75. The molecule has 0 spiro atoms. The minimum absolute atomic E-state index is 0.205. The monoisotopic (exact) mass is 269 g/mol. The molecular weight excluding hydrogens is 254 g/mol. The normalized spacial score (nSPS) is 23.3. The minimum Gasteiger partial charge on any atom is -0.454 e. The summed E-state index contributed by atoms with van der Waals surface area (Å²) in [6.45, 7) is 2.77. The smallest absolute Gasteiger partial charge is 0.231 e. The van der Waals surface area contributed by atoms with Crippen LogP contribution in [0.2, 0.25) is 5.02 Å². The van der Waals surface area contributed by atoms with Gasteiger partial charge in [0, 0.05) is 13.1 Å². The number of β-amino-alcohol motifs (C(OH)–C–C–N with tert-alkyl or cyclic N) is 1. The lowest BCUT2D eigenvalue weighted by Crippen LogP contribution is -2.37. The van der Waals surface area contributed by atoms with Crippen LogP contribution >= 0.6 is 11.6 Å². The Morgan fingerprint density at radius 2 is 2.28 bits per heavy atom. The molecule has 1 atom stereocenters. The number of piperidine rings is 1. The lowest BCUT2D eigenvalue weighted by molar-refractivity contribution is 0.0668. The quantitative estimate of drug-likeness (QED) is 0.892. The van der Waals surface area contributed by atoms with Crippen molar-refractivity contribution in [2.45, 2.75) is 25.5 Å². The standard InChI is InChI=1S/C13H16ClNO3/c14-11-4-9(5-12-13(11)18-8-17-12)6-15-3-1-2-10(16)7-15/h4-5,10,16H,1-3,6-8H2/t10-/m0/s1. The Kier molecular flexibility index (Phi) is 3.33. The molecule has 98 valence electrons. The molecular formula is C13H16ClNO3. The van der Waals surface area contributed by atoms with Gasteiger partial charge in [-0.05, 0) is 37.1 Å². The van der Waals surface area contributed by atoms with E-state index in [9.17, 15) is 5.11 Å². The van der Waals surface area contributed by atoms with E-state index in [1.54, 1.807) is 0 Å². The fraction of sp³-hybridized carbons (Fsp3) is 0.538. The number of halogens is 1. The maximum absolute atomic E-state index is 9.65. The number of hydrogen-bond acceptors (Lipinski definition) is 4. The minimum atomic E-state index is -0.205. The van der Waals surface area contributed by atoms with Crippen LogP contribution in [0.1, 0.15) is 18.4 Å². The average molecular weight is 270 g/mol. The molecule has 2 heterocycles. The van der Waals surface area contributed by atoms with Crippen molar-refractivity contribution in [2.24, 2.45) is 0 Å². The lowest BCUT2D eigenvalue weighted by atomic mass is 10.1. The highest BCUT2D eigenvalue weighted by Crippen LogP contribution is 2.40. The van der Waals surface area contributed by atoms with Gasteiger partial charge in [-0.15, -0.1) is 0 Å². The van der Waals surface area contributed by atoms with E-state index in [0.717, 1.165) is 43.8 Å². The van der Waals surface area contributed by atoms with Gasteiger partial charge in [-0.25, -0.2) is 0 Å². The van der Waals surface area contributed by atoms with Crippen LogP contribution in [0.15, 0.2) is 12.1 Å². The molecule has 1 N–H and O–H groups in total. The molecule has 5 heteroatoms. The van der Waals surface area contributed by atoms with Crippen molar-refractivity contribution in [1.29, 1.82) is 0 Å². The maximum atomic E-state index is 9.65. The predicted molar refractivity (Wildman–Crippen MR) is 68.1 cm³/mol. The Morgan fingerprint density at radius 1 is 1.39 bits per heavy atom. The largest absolute Gasteiger partial charge is 0.454 e. The number of ether oxygens (including phenoxy) is 2. The molecule has 1 saturated heterocycles. The third-order valence-corrected chi connectivity index (χ3v) is 3.65. The number of nitrogens with zero attached hydrogens (tertiary/aromatic N) is 1. The van der Waals surface area contributed by atoms with Crippen molar-refractivity contribution in [3.63, 3.8) is 0 Å². The highest BCUT2D eigenvalue weighted by molar-refractivity contribution is 6.32. The molecule has 3 rings (SSSR count). The maximum Gasteiger partial charge on any atom is 0.231 e. The summed E-state index contributed by atoms with van der Waals surface area (Å²) in [5.74, 6) is 1.36. The van der Waals surface area contributed by atoms with E-state index in [4.69, 9.17) is 21.1 Å². The van der Waals surface area contributed by atoms with Crippen molar-refractivity contribution in [1.82, 2.24) is 4.90 Å². The first kappa shape index (κ1) is 12.1. The van der Waals surface area contributed by atoms with Crippen LogP contribution in [0, 0.1) is 0 Å². The first-order chi connectivity index (χ1) is 8.72. The topological polar surface area (TPSA) is 41.9 Å². The number of aliphatic hydroxyl groups is 1. The van der Waals surface area contributed by atoms with Gasteiger partial charge in [0.05, 0.1) is 11.1 Å². The molecule has 0 unspecified atom stereocenters. The number of aliphatic hydroxyl groups excluding tert-OH is 1. The third kappa shape index (κ3) is 2.41. The zero-order chi connectivity index (χ0) is 12.5. The van der Waals surface area contributed by atoms with E-state index >= 15 is 0 Å². The lowest BCUT2D eigenvalue weighted by Gasteiger charge is -2.30. The molecule has 18 heavy (non-hydrogen) atoms. The van der Waals surface area contributed by atoms with Crippen LogP contribution in [-0.4, -0.2) is 36.0 Å². The van der Waals surface area contributed by atoms with Gasteiger partial charge in [0.15, 0.2) is 11.5 Å². The summed E-state index contributed by atoms with van der Waals surface area (Å²) in [5.41, 5.74) is 1.10. The van der Waals surface area contributed by atoms with Crippen molar-refractivity contribution >= 4 is 11.6 Å². The summed E-state index contributed by atoms with van der Waals surface area (Å²) in [7, 11) is 0. The van der Waals surface area contributed by atoms with Crippen LogP contribution < -0.4 is 9.47 Å². The zero-order valence-corrected chi connectivity index (χ0v) is 10.8. The second kappa shape index (κ2) is 4.96. The molecule has 2 aliphatic heterocycles. The predicted octanol–water partition coefficient (Wildman–Crippen LogP) is 2.03. The second-order valence-corrected chi connectivity index (χ2v) is 5.25. The van der Waals surface area contributed by atoms with Crippen LogP contribution in [0.5, 0.6) is 11.5 Å². The molecule has 0 saturated carbocycles. The first-order valence-corrected chi connectivity index (χ1v) is 6.58. The molecule has 1 aromatic rings. The van der Waals surface area contributed by atoms with Gasteiger partial charge in [0.1, 0.15) is 0 Å². The van der Waals surface area contributed by atoms with E-state index in [1.165, 1.54) is 0 Å². The van der Waals surface area contributed by atoms with E-state index in [1.807, 2.05) is 12.1 Å². The molecule has 0 aromatic heterocycles. The Bertz CT molecular complexity index is 452. The molecule has 0 aliphatic carbocycles. The van der Waals surface area contributed by atoms with Crippen LogP contribution in [-0.2, 0) is 6.54 Å². The van der Waals surface area contributed by atoms with E-state index in [2.05, 4.69) is 4.90 Å². The average Bonchev–Trinajstić information content (AvgIpc) is 2.77. The Hall–Kier alpha value is -0.970. The Labute approximate surface area is 111 Å². The van der Waals surface area contributed by atoms with Crippen molar-refractivity contribution in [2.75, 3.05) is 19.9 Å². The van der Waals surface area contributed by atoms with Gasteiger partial charge in [0.25, 0.3) is 0 Å². The summed E-state index contributed by atoms with van der Waals surface area (Å²) < 4.78 is 10.6. The molecule has 0 radical (unpaired) electrons. The van der Waals surface area contributed by atoms with Crippen LogP contribution in [0.4, 0.5) is 0 Å². The van der Waals surface area contributed by atoms with Crippen molar-refractivity contribution in [3.05, 3.63) is 22.7 Å². The van der Waals surface area contributed by atoms with Crippen molar-refractivity contribution in [3.8, 4) is 11.5 Å². The van der Waals surface area contributed by atoms with Crippen molar-refractivity contribution < 1.29 is 14.6 Å². The second-order valence-electron chi connectivity index (χ2n) is 4.84. The van der Waals surface area contributed by atoms with Crippen LogP contribution in [0.3, 0.4) is 0 Å². The third-order valence-electron chi connectivity index (χ3n) is 3.37. The highest BCUT2D eigenvalue weighted by Gasteiger charge is 2.21. The van der Waals surface area contributed by atoms with Gasteiger partial charge < -0.3 is 14.6 Å². The summed E-state index contributed by atoms with van der Waals surface area (Å²) in [4.78, 5) is 2.24. The summed E-state index contributed by atoms with van der Waals surface area (Å²) in [6, 6.07) is 3.88. The molecule has 1 aromatic carbocycles. The Morgan fingerprint density at radius 3 is 3.11 bits per heavy atom. The van der Waals surface area contributed by atoms with E-state index in [-0.39, 0.29) is 12.9 Å². The summed E-state index contributed by atoms with van der Waals surface area (Å²) in [5, 5.41) is 10.2. The highest BCUT2D eigenvalue weighted by atomic mass is 35.5. The zero-order valence-electron chi connectivity index (χ0n) is 10.1. The summed E-state index contributed by atoms with van der Waals surface area (Å²) >= 11 is 6.15. The number of hydrogen-bond donors (Lipinski definition) is 1. The first-order valence-electron chi connectivity index (χ1n) is 6.21. The fourth-order valence-electron chi connectivity index (χ4n) is 2.54. The molecule has 4 nitrogen and oxygen atoms in total. The molecule has 0 bridgehead atoms. The number of fused-ring (bicyclic) bond motifs is 1. The van der Waals surface area contributed by atoms with Crippen LogP contribution in [0.25, 0.3) is 0 Å². The molecule has 0 amide bonds. The molecule has 2 aliphatic rings. The van der Waals surface area contributed by atoms with Gasteiger partial charge in [-0.1, -0.05) is 11.6 Å². The van der Waals surface area contributed by atoms with E-state index in [0.29, 0.717) is 10.8 Å². The van der Waals surface area contributed by atoms with Gasteiger partial charge >= 0.3 is 0 Å². The van der Waals surface area contributed by atoms with Gasteiger partial charge in [0.2, 0.25) is 6.79 Å². The molecule has 1 fully saturated rings. The van der Waals surface area contributed by atoms with Gasteiger partial charge in [-0.3, -0.25) is 4.90 Å². The fourth-order valence-corrected chi connectivity index (χ4v) is 2.83. The van der Waals surface area contributed by atoms with Gasteiger partial charge in [-0.2, -0.15) is 0 Å². The van der Waals surface area contributed by atoms with E-state index < -0.39 is 0 Å². The SMILES string of the molecule is O[C@H]1CCCN(Cc2cc(Cl)c3c(c2)OCO3)C1. The number of rotatable bonds is 2.